The highest BCUT2D eigenvalue weighted by atomic mass is 35.5. The zero-order chi connectivity index (χ0) is 29.6. The van der Waals surface area contributed by atoms with Crippen LogP contribution in [0.2, 0.25) is 5.02 Å². The van der Waals surface area contributed by atoms with Crippen LogP contribution in [0.25, 0.3) is 0 Å². The molecule has 4 heterocycles. The van der Waals surface area contributed by atoms with E-state index in [-0.39, 0.29) is 35.1 Å². The second kappa shape index (κ2) is 13.6. The number of benzene rings is 1. The smallest absolute Gasteiger partial charge is 0.292 e. The molecule has 1 atom stereocenters. The van der Waals surface area contributed by atoms with E-state index < -0.39 is 0 Å². The van der Waals surface area contributed by atoms with Crippen LogP contribution in [0.15, 0.2) is 53.7 Å². The van der Waals surface area contributed by atoms with Crippen LogP contribution < -0.4 is 5.32 Å². The van der Waals surface area contributed by atoms with Crippen LogP contribution in [0.1, 0.15) is 73.9 Å². The summed E-state index contributed by atoms with van der Waals surface area (Å²) in [5.74, 6) is 0.953. The fourth-order valence-electron chi connectivity index (χ4n) is 7.53. The summed E-state index contributed by atoms with van der Waals surface area (Å²) in [5.41, 5.74) is 1.22. The molecule has 2 saturated heterocycles. The zero-order valence-corrected chi connectivity index (χ0v) is 25.5. The number of amides is 2. The Balaban J connectivity index is 1.12. The van der Waals surface area contributed by atoms with Crippen molar-refractivity contribution < 1.29 is 14.1 Å². The van der Waals surface area contributed by atoms with Gasteiger partial charge in [0, 0.05) is 49.9 Å². The molecule has 3 fully saturated rings. The van der Waals surface area contributed by atoms with Gasteiger partial charge in [0.05, 0.1) is 12.2 Å². The predicted octanol–water partition coefficient (Wildman–Crippen LogP) is 4.61. The minimum Gasteiger partial charge on any atom is -0.351 e. The molecule has 230 valence electrons. The van der Waals surface area contributed by atoms with Gasteiger partial charge in [-0.3, -0.25) is 14.3 Å². The number of hydrogen-bond acceptors (Lipinski definition) is 7. The number of rotatable bonds is 9. The molecule has 2 amide bonds. The average Bonchev–Trinajstić information content (AvgIpc) is 3.78. The number of carbonyl (C=O) groups is 2. The number of carbonyl (C=O) groups excluding carboxylic acids is 2. The van der Waals surface area contributed by atoms with E-state index >= 15 is 0 Å². The van der Waals surface area contributed by atoms with Gasteiger partial charge in [0.1, 0.15) is 12.7 Å². The summed E-state index contributed by atoms with van der Waals surface area (Å²) in [4.78, 5) is 35.0. The quantitative estimate of drug-likeness (QED) is 0.378. The molecule has 11 heteroatoms. The molecule has 43 heavy (non-hydrogen) atoms. The van der Waals surface area contributed by atoms with Crippen molar-refractivity contribution in [3.05, 3.63) is 65.5 Å². The van der Waals surface area contributed by atoms with Gasteiger partial charge in [-0.2, -0.15) is 5.10 Å². The highest BCUT2D eigenvalue weighted by Crippen LogP contribution is 2.47. The molecule has 1 aromatic carbocycles. The van der Waals surface area contributed by atoms with Crippen molar-refractivity contribution in [1.82, 2.24) is 35.0 Å². The summed E-state index contributed by atoms with van der Waals surface area (Å²) >= 11 is 6.16. The second-order valence-corrected chi connectivity index (χ2v) is 13.0. The van der Waals surface area contributed by atoms with Gasteiger partial charge in [0.2, 0.25) is 11.7 Å². The van der Waals surface area contributed by atoms with Crippen LogP contribution in [-0.2, 0) is 17.8 Å². The molecule has 0 unspecified atom stereocenters. The van der Waals surface area contributed by atoms with Crippen molar-refractivity contribution in [2.45, 2.75) is 82.8 Å². The van der Waals surface area contributed by atoms with E-state index in [0.29, 0.717) is 30.5 Å². The van der Waals surface area contributed by atoms with E-state index in [2.05, 4.69) is 25.5 Å². The minimum absolute atomic E-state index is 0.134. The molecule has 6 rings (SSSR count). The SMILES string of the molecule is O=C(c1ccno1)N1CCC(N[C@H](Cc2ccc(Cl)cc2)C(=O)N2CCC(Cn3cncn3)(C3CCCCC3)CC2)CC1. The molecule has 0 radical (unpaired) electrons. The number of aromatic nitrogens is 4. The summed E-state index contributed by atoms with van der Waals surface area (Å²) in [6, 6.07) is 9.17. The van der Waals surface area contributed by atoms with E-state index in [4.69, 9.17) is 16.1 Å². The average molecular weight is 608 g/mol. The van der Waals surface area contributed by atoms with Crippen LogP contribution in [-0.4, -0.2) is 79.8 Å². The first-order chi connectivity index (χ1) is 21.0. The normalized spacial score (nSPS) is 20.7. The fraction of sp³-hybridized carbons (Fsp3) is 0.594. The van der Waals surface area contributed by atoms with Crippen molar-refractivity contribution in [3.63, 3.8) is 0 Å². The third kappa shape index (κ3) is 7.12. The lowest BCUT2D eigenvalue weighted by molar-refractivity contribution is -0.137. The molecule has 3 aromatic rings. The standard InChI is InChI=1S/C32H42ClN7O3/c33-26-8-6-24(7-9-26)20-28(37-27-11-16-38(17-12-27)31(42)29-10-15-36-43-29)30(41)39-18-13-32(14-19-39,21-40-23-34-22-35-40)25-4-2-1-3-5-25/h6-10,15,22-23,25,27-28,37H,1-5,11-14,16-21H2/t28-/m1/s1. The zero-order valence-electron chi connectivity index (χ0n) is 24.7. The van der Waals surface area contributed by atoms with Crippen LogP contribution in [0.4, 0.5) is 0 Å². The molecule has 3 aliphatic rings. The number of hydrogen-bond donors (Lipinski definition) is 1. The molecule has 0 bridgehead atoms. The van der Waals surface area contributed by atoms with Gasteiger partial charge >= 0.3 is 0 Å². The molecular formula is C32H42ClN7O3. The van der Waals surface area contributed by atoms with Crippen LogP contribution in [0.5, 0.6) is 0 Å². The highest BCUT2D eigenvalue weighted by Gasteiger charge is 2.44. The minimum atomic E-state index is -0.347. The van der Waals surface area contributed by atoms with Crippen molar-refractivity contribution >= 4 is 23.4 Å². The van der Waals surface area contributed by atoms with E-state index in [1.807, 2.05) is 35.3 Å². The van der Waals surface area contributed by atoms with Gasteiger partial charge in [-0.1, -0.05) is 48.2 Å². The lowest BCUT2D eigenvalue weighted by Crippen LogP contribution is -2.56. The Morgan fingerprint density at radius 3 is 2.37 bits per heavy atom. The molecule has 1 saturated carbocycles. The van der Waals surface area contributed by atoms with Gasteiger partial charge in [0.15, 0.2) is 0 Å². The van der Waals surface area contributed by atoms with Crippen molar-refractivity contribution in [3.8, 4) is 0 Å². The maximum absolute atomic E-state index is 14.2. The van der Waals surface area contributed by atoms with Crippen LogP contribution in [0, 0.1) is 11.3 Å². The summed E-state index contributed by atoms with van der Waals surface area (Å²) < 4.78 is 7.07. The largest absolute Gasteiger partial charge is 0.351 e. The van der Waals surface area contributed by atoms with E-state index in [1.54, 1.807) is 17.3 Å². The predicted molar refractivity (Wildman–Crippen MR) is 162 cm³/mol. The molecule has 0 spiro atoms. The molecular weight excluding hydrogens is 566 g/mol. The topological polar surface area (TPSA) is 109 Å². The summed E-state index contributed by atoms with van der Waals surface area (Å²) in [7, 11) is 0. The molecule has 2 aliphatic heterocycles. The Hall–Kier alpha value is -3.24. The number of likely N-dealkylation sites (tertiary alicyclic amines) is 2. The van der Waals surface area contributed by atoms with Gasteiger partial charge in [0.25, 0.3) is 5.91 Å². The maximum Gasteiger partial charge on any atom is 0.292 e. The third-order valence-corrected chi connectivity index (χ3v) is 10.3. The lowest BCUT2D eigenvalue weighted by atomic mass is 9.63. The van der Waals surface area contributed by atoms with Crippen molar-refractivity contribution in [1.29, 1.82) is 0 Å². The number of halogens is 1. The second-order valence-electron chi connectivity index (χ2n) is 12.6. The molecule has 2 aromatic heterocycles. The van der Waals surface area contributed by atoms with Crippen LogP contribution >= 0.6 is 11.6 Å². The van der Waals surface area contributed by atoms with E-state index in [0.717, 1.165) is 50.9 Å². The Morgan fingerprint density at radius 1 is 0.977 bits per heavy atom. The first-order valence-corrected chi connectivity index (χ1v) is 16.2. The lowest BCUT2D eigenvalue weighted by Gasteiger charge is -2.48. The summed E-state index contributed by atoms with van der Waals surface area (Å²) in [6.45, 7) is 3.60. The van der Waals surface area contributed by atoms with Gasteiger partial charge < -0.3 is 19.6 Å². The molecule has 1 N–H and O–H groups in total. The highest BCUT2D eigenvalue weighted by molar-refractivity contribution is 6.30. The Labute approximate surface area is 258 Å². The Kier molecular flexibility index (Phi) is 9.43. The maximum atomic E-state index is 14.2. The third-order valence-electron chi connectivity index (χ3n) is 10.0. The Bertz CT molecular complexity index is 1310. The van der Waals surface area contributed by atoms with Gasteiger partial charge in [-0.15, -0.1) is 0 Å². The van der Waals surface area contributed by atoms with Gasteiger partial charge in [-0.05, 0) is 74.0 Å². The first kappa shape index (κ1) is 29.8. The molecule has 10 nitrogen and oxygen atoms in total. The van der Waals surface area contributed by atoms with Crippen molar-refractivity contribution in [2.75, 3.05) is 26.2 Å². The van der Waals surface area contributed by atoms with E-state index in [9.17, 15) is 9.59 Å². The fourth-order valence-corrected chi connectivity index (χ4v) is 7.66. The van der Waals surface area contributed by atoms with Crippen molar-refractivity contribution in [2.24, 2.45) is 11.3 Å². The summed E-state index contributed by atoms with van der Waals surface area (Å²) in [6.07, 6.45) is 15.5. The first-order valence-electron chi connectivity index (χ1n) is 15.8. The monoisotopic (exact) mass is 607 g/mol. The number of nitrogens with one attached hydrogen (secondary N) is 1. The summed E-state index contributed by atoms with van der Waals surface area (Å²) in [5, 5.41) is 12.5. The number of piperidine rings is 2. The molecule has 1 aliphatic carbocycles. The Morgan fingerprint density at radius 2 is 1.72 bits per heavy atom. The van der Waals surface area contributed by atoms with Crippen LogP contribution in [0.3, 0.4) is 0 Å². The number of nitrogens with zero attached hydrogens (tertiary/aromatic N) is 6. The van der Waals surface area contributed by atoms with Gasteiger partial charge in [-0.25, -0.2) is 4.98 Å². The van der Waals surface area contributed by atoms with E-state index in [1.165, 1.54) is 38.3 Å².